The Morgan fingerprint density at radius 1 is 1.35 bits per heavy atom. The molecule has 1 aromatic rings. The summed E-state index contributed by atoms with van der Waals surface area (Å²) in [6.45, 7) is 4.70. The number of amides is 1. The van der Waals surface area contributed by atoms with E-state index in [1.54, 1.807) is 0 Å². The molecule has 0 aliphatic carbocycles. The summed E-state index contributed by atoms with van der Waals surface area (Å²) in [5.41, 5.74) is 8.03. The lowest BCUT2D eigenvalue weighted by Gasteiger charge is -2.39. The average Bonchev–Trinajstić information content (AvgIpc) is 2.47. The van der Waals surface area contributed by atoms with Crippen LogP contribution in [-0.4, -0.2) is 32.2 Å². The van der Waals surface area contributed by atoms with Gasteiger partial charge in [0.05, 0.1) is 0 Å². The van der Waals surface area contributed by atoms with Gasteiger partial charge in [0, 0.05) is 38.1 Å². The predicted molar refractivity (Wildman–Crippen MR) is 79.6 cm³/mol. The van der Waals surface area contributed by atoms with Crippen LogP contribution in [0.4, 0.5) is 0 Å². The van der Waals surface area contributed by atoms with Crippen molar-refractivity contribution in [1.29, 1.82) is 0 Å². The van der Waals surface area contributed by atoms with Crippen LogP contribution < -0.4 is 11.1 Å². The highest BCUT2D eigenvalue weighted by atomic mass is 16.5. The Hall–Kier alpha value is -1.39. The Balaban J connectivity index is 2.18. The standard InChI is InChI=1S/C16H24N2O2/c1-13-4-2-3-5-14(13)16(7-10-20-11-8-16)12-18-15(19)6-9-17/h2-5H,6-12,17H2,1H3,(H,18,19). The van der Waals surface area contributed by atoms with E-state index in [2.05, 4.69) is 36.5 Å². The molecule has 0 radical (unpaired) electrons. The maximum absolute atomic E-state index is 11.7. The summed E-state index contributed by atoms with van der Waals surface area (Å²) in [5, 5.41) is 3.05. The number of ether oxygens (including phenoxy) is 1. The molecule has 1 heterocycles. The van der Waals surface area contributed by atoms with Crippen molar-refractivity contribution < 1.29 is 9.53 Å². The van der Waals surface area contributed by atoms with Crippen molar-refractivity contribution in [3.8, 4) is 0 Å². The first-order chi connectivity index (χ1) is 9.68. The Bertz CT molecular complexity index is 454. The van der Waals surface area contributed by atoms with E-state index in [1.165, 1.54) is 11.1 Å². The maximum atomic E-state index is 11.7. The molecule has 1 aliphatic heterocycles. The third-order valence-corrected chi connectivity index (χ3v) is 4.16. The van der Waals surface area contributed by atoms with Gasteiger partial charge in [-0.2, -0.15) is 0 Å². The van der Waals surface area contributed by atoms with Crippen molar-refractivity contribution in [2.45, 2.75) is 31.6 Å². The van der Waals surface area contributed by atoms with Crippen molar-refractivity contribution >= 4 is 5.91 Å². The molecule has 1 saturated heterocycles. The van der Waals surface area contributed by atoms with Gasteiger partial charge in [0.25, 0.3) is 0 Å². The molecule has 110 valence electrons. The summed E-state index contributed by atoms with van der Waals surface area (Å²) in [5.74, 6) is 0.0342. The normalized spacial score (nSPS) is 17.7. The Labute approximate surface area is 120 Å². The molecule has 1 amide bonds. The van der Waals surface area contributed by atoms with Crippen LogP contribution in [0, 0.1) is 6.92 Å². The molecule has 0 bridgehead atoms. The molecule has 3 N–H and O–H groups in total. The number of hydrogen-bond acceptors (Lipinski definition) is 3. The molecule has 20 heavy (non-hydrogen) atoms. The van der Waals surface area contributed by atoms with Gasteiger partial charge in [0.1, 0.15) is 0 Å². The Morgan fingerprint density at radius 2 is 2.05 bits per heavy atom. The zero-order valence-electron chi connectivity index (χ0n) is 12.2. The van der Waals surface area contributed by atoms with E-state index in [4.69, 9.17) is 10.5 Å². The summed E-state index contributed by atoms with van der Waals surface area (Å²) in [6, 6.07) is 8.43. The van der Waals surface area contributed by atoms with Crippen LogP contribution in [0.2, 0.25) is 0 Å². The first kappa shape index (κ1) is 15.0. The summed E-state index contributed by atoms with van der Waals surface area (Å²) in [7, 11) is 0. The van der Waals surface area contributed by atoms with Crippen molar-refractivity contribution in [1.82, 2.24) is 5.32 Å². The van der Waals surface area contributed by atoms with Crippen molar-refractivity contribution in [2.24, 2.45) is 5.73 Å². The topological polar surface area (TPSA) is 64.4 Å². The quantitative estimate of drug-likeness (QED) is 0.857. The SMILES string of the molecule is Cc1ccccc1C1(CNC(=O)CCN)CCOCC1. The van der Waals surface area contributed by atoms with Crippen LogP contribution in [-0.2, 0) is 14.9 Å². The molecule has 0 unspecified atom stereocenters. The third kappa shape index (κ3) is 3.38. The zero-order valence-corrected chi connectivity index (χ0v) is 12.2. The number of nitrogens with one attached hydrogen (secondary N) is 1. The molecule has 0 aromatic heterocycles. The van der Waals surface area contributed by atoms with Gasteiger partial charge < -0.3 is 15.8 Å². The highest BCUT2D eigenvalue weighted by Crippen LogP contribution is 2.36. The molecule has 1 aliphatic rings. The number of nitrogens with two attached hydrogens (primary N) is 1. The smallest absolute Gasteiger partial charge is 0.221 e. The summed E-state index contributed by atoms with van der Waals surface area (Å²) in [4.78, 5) is 11.7. The lowest BCUT2D eigenvalue weighted by atomic mass is 9.72. The van der Waals surface area contributed by atoms with Gasteiger partial charge in [-0.1, -0.05) is 24.3 Å². The van der Waals surface area contributed by atoms with Crippen LogP contribution in [0.25, 0.3) is 0 Å². The van der Waals surface area contributed by atoms with E-state index in [0.717, 1.165) is 26.1 Å². The number of benzene rings is 1. The van der Waals surface area contributed by atoms with E-state index in [0.29, 0.717) is 19.5 Å². The second-order valence-electron chi connectivity index (χ2n) is 5.52. The lowest BCUT2D eigenvalue weighted by Crippen LogP contribution is -2.45. The van der Waals surface area contributed by atoms with Gasteiger partial charge in [0.2, 0.25) is 5.91 Å². The van der Waals surface area contributed by atoms with E-state index in [9.17, 15) is 4.79 Å². The monoisotopic (exact) mass is 276 g/mol. The van der Waals surface area contributed by atoms with Gasteiger partial charge in [-0.3, -0.25) is 4.79 Å². The number of aryl methyl sites for hydroxylation is 1. The summed E-state index contributed by atoms with van der Waals surface area (Å²) < 4.78 is 5.51. The number of rotatable bonds is 5. The van der Waals surface area contributed by atoms with E-state index in [-0.39, 0.29) is 11.3 Å². The summed E-state index contributed by atoms with van der Waals surface area (Å²) in [6.07, 6.45) is 2.28. The minimum Gasteiger partial charge on any atom is -0.381 e. The largest absolute Gasteiger partial charge is 0.381 e. The second-order valence-corrected chi connectivity index (χ2v) is 5.52. The van der Waals surface area contributed by atoms with E-state index < -0.39 is 0 Å². The predicted octanol–water partition coefficient (Wildman–Crippen LogP) is 1.51. The molecular formula is C16H24N2O2. The van der Waals surface area contributed by atoms with Gasteiger partial charge in [-0.05, 0) is 30.9 Å². The van der Waals surface area contributed by atoms with Crippen molar-refractivity contribution in [3.05, 3.63) is 35.4 Å². The molecule has 2 rings (SSSR count). The number of carbonyl (C=O) groups is 1. The molecule has 4 heteroatoms. The number of carbonyl (C=O) groups excluding carboxylic acids is 1. The second kappa shape index (κ2) is 6.86. The van der Waals surface area contributed by atoms with Gasteiger partial charge in [0.15, 0.2) is 0 Å². The van der Waals surface area contributed by atoms with Crippen LogP contribution in [0.1, 0.15) is 30.4 Å². The fourth-order valence-corrected chi connectivity index (χ4v) is 2.96. The summed E-state index contributed by atoms with van der Waals surface area (Å²) >= 11 is 0. The molecule has 0 atom stereocenters. The zero-order chi connectivity index (χ0) is 14.4. The van der Waals surface area contributed by atoms with E-state index >= 15 is 0 Å². The fourth-order valence-electron chi connectivity index (χ4n) is 2.96. The fraction of sp³-hybridized carbons (Fsp3) is 0.562. The maximum Gasteiger partial charge on any atom is 0.221 e. The molecule has 4 nitrogen and oxygen atoms in total. The van der Waals surface area contributed by atoms with Gasteiger partial charge >= 0.3 is 0 Å². The van der Waals surface area contributed by atoms with Crippen LogP contribution in [0.5, 0.6) is 0 Å². The first-order valence-electron chi connectivity index (χ1n) is 7.28. The van der Waals surface area contributed by atoms with Gasteiger partial charge in [-0.15, -0.1) is 0 Å². The van der Waals surface area contributed by atoms with E-state index in [1.807, 2.05) is 0 Å². The van der Waals surface area contributed by atoms with Crippen LogP contribution in [0.3, 0.4) is 0 Å². The number of hydrogen-bond donors (Lipinski definition) is 2. The van der Waals surface area contributed by atoms with Gasteiger partial charge in [-0.25, -0.2) is 0 Å². The Morgan fingerprint density at radius 3 is 2.70 bits per heavy atom. The molecule has 0 saturated carbocycles. The van der Waals surface area contributed by atoms with Crippen molar-refractivity contribution in [3.63, 3.8) is 0 Å². The first-order valence-corrected chi connectivity index (χ1v) is 7.28. The highest BCUT2D eigenvalue weighted by molar-refractivity contribution is 5.76. The molecule has 0 spiro atoms. The lowest BCUT2D eigenvalue weighted by molar-refractivity contribution is -0.121. The Kier molecular flexibility index (Phi) is 5.15. The third-order valence-electron chi connectivity index (χ3n) is 4.16. The van der Waals surface area contributed by atoms with Crippen LogP contribution in [0.15, 0.2) is 24.3 Å². The molecule has 1 aromatic carbocycles. The van der Waals surface area contributed by atoms with Crippen LogP contribution >= 0.6 is 0 Å². The molecule has 1 fully saturated rings. The minimum atomic E-state index is -0.00610. The van der Waals surface area contributed by atoms with Crippen molar-refractivity contribution in [2.75, 3.05) is 26.3 Å². The molecular weight excluding hydrogens is 252 g/mol. The minimum absolute atomic E-state index is 0.00610. The average molecular weight is 276 g/mol. The highest BCUT2D eigenvalue weighted by Gasteiger charge is 2.35.